The van der Waals surface area contributed by atoms with E-state index in [-0.39, 0.29) is 5.56 Å². The van der Waals surface area contributed by atoms with Crippen molar-refractivity contribution in [2.75, 3.05) is 11.1 Å². The molecule has 2 rings (SSSR count). The van der Waals surface area contributed by atoms with Crippen molar-refractivity contribution in [2.24, 2.45) is 0 Å². The van der Waals surface area contributed by atoms with Crippen LogP contribution in [0.15, 0.2) is 40.9 Å². The van der Waals surface area contributed by atoms with Crippen LogP contribution in [0.3, 0.4) is 0 Å². The van der Waals surface area contributed by atoms with Gasteiger partial charge in [0.15, 0.2) is 0 Å². The lowest BCUT2D eigenvalue weighted by Crippen LogP contribution is -2.02. The summed E-state index contributed by atoms with van der Waals surface area (Å²) in [6, 6.07) is 11.7. The fraction of sp³-hybridized carbons (Fsp3) is 0. The molecule has 0 atom stereocenters. The van der Waals surface area contributed by atoms with Crippen molar-refractivity contribution in [1.82, 2.24) is 0 Å². The molecule has 0 aliphatic rings. The van der Waals surface area contributed by atoms with Gasteiger partial charge in [-0.1, -0.05) is 15.9 Å². The number of carbonyl (C=O) groups is 1. The second-order valence-electron chi connectivity index (χ2n) is 4.03. The van der Waals surface area contributed by atoms with Crippen LogP contribution in [0.2, 0.25) is 0 Å². The average molecular weight is 332 g/mol. The van der Waals surface area contributed by atoms with Gasteiger partial charge in [-0.3, -0.25) is 0 Å². The van der Waals surface area contributed by atoms with Crippen LogP contribution in [-0.4, -0.2) is 11.1 Å². The number of nitrogens with one attached hydrogen (secondary N) is 1. The largest absolute Gasteiger partial charge is 0.478 e. The van der Waals surface area contributed by atoms with Crippen LogP contribution in [0.5, 0.6) is 0 Å². The Morgan fingerprint density at radius 2 is 1.95 bits per heavy atom. The quantitative estimate of drug-likeness (QED) is 0.749. The van der Waals surface area contributed by atoms with Gasteiger partial charge >= 0.3 is 5.97 Å². The first kappa shape index (κ1) is 13.9. The normalized spacial score (nSPS) is 9.80. The van der Waals surface area contributed by atoms with E-state index < -0.39 is 5.97 Å². The van der Waals surface area contributed by atoms with E-state index >= 15 is 0 Å². The van der Waals surface area contributed by atoms with Crippen LogP contribution < -0.4 is 11.1 Å². The first-order valence-electron chi connectivity index (χ1n) is 5.61. The standard InChI is InChI=1S/C14H10BrN3O2/c15-10-2-4-12(9(5-10)7-16)18-13-3-1-8(14(19)20)6-11(13)17/h1-6,18H,17H2,(H,19,20). The third-order valence-corrected chi connectivity index (χ3v) is 3.16. The summed E-state index contributed by atoms with van der Waals surface area (Å²) in [6.07, 6.45) is 0. The molecule has 0 radical (unpaired) electrons. The van der Waals surface area contributed by atoms with E-state index in [1.54, 1.807) is 24.3 Å². The predicted octanol–water partition coefficient (Wildman–Crippen LogP) is 3.34. The number of nitrogen functional groups attached to an aromatic ring is 1. The molecule has 4 N–H and O–H groups in total. The highest BCUT2D eigenvalue weighted by molar-refractivity contribution is 9.10. The van der Waals surface area contributed by atoms with E-state index in [0.29, 0.717) is 22.6 Å². The Labute approximate surface area is 123 Å². The number of halogens is 1. The molecule has 0 aliphatic heterocycles. The van der Waals surface area contributed by atoms with E-state index in [4.69, 9.17) is 16.1 Å². The van der Waals surface area contributed by atoms with Crippen LogP contribution in [0.25, 0.3) is 0 Å². The van der Waals surface area contributed by atoms with Gasteiger partial charge in [0.25, 0.3) is 0 Å². The molecule has 6 heteroatoms. The molecule has 0 heterocycles. The summed E-state index contributed by atoms with van der Waals surface area (Å²) in [6.45, 7) is 0. The lowest BCUT2D eigenvalue weighted by atomic mass is 10.1. The molecule has 0 fully saturated rings. The molecule has 0 aliphatic carbocycles. The maximum Gasteiger partial charge on any atom is 0.335 e. The summed E-state index contributed by atoms with van der Waals surface area (Å²) in [4.78, 5) is 10.8. The highest BCUT2D eigenvalue weighted by Crippen LogP contribution is 2.27. The Bertz CT molecular complexity index is 723. The van der Waals surface area contributed by atoms with Gasteiger partial charge in [-0.2, -0.15) is 5.26 Å². The second kappa shape index (κ2) is 5.63. The molecule has 0 spiro atoms. The Hall–Kier alpha value is -2.52. The van der Waals surface area contributed by atoms with Gasteiger partial charge in [-0.15, -0.1) is 0 Å². The molecule has 100 valence electrons. The van der Waals surface area contributed by atoms with Crippen molar-refractivity contribution >= 4 is 39.0 Å². The minimum Gasteiger partial charge on any atom is -0.478 e. The summed E-state index contributed by atoms with van der Waals surface area (Å²) >= 11 is 3.29. The molecular weight excluding hydrogens is 322 g/mol. The summed E-state index contributed by atoms with van der Waals surface area (Å²) in [5, 5.41) is 21.0. The Balaban J connectivity index is 2.36. The van der Waals surface area contributed by atoms with Gasteiger partial charge in [0.05, 0.1) is 28.2 Å². The highest BCUT2D eigenvalue weighted by Gasteiger charge is 2.08. The second-order valence-corrected chi connectivity index (χ2v) is 4.95. The maximum atomic E-state index is 10.8. The lowest BCUT2D eigenvalue weighted by Gasteiger charge is -2.11. The zero-order valence-electron chi connectivity index (χ0n) is 10.2. The number of hydrogen-bond donors (Lipinski definition) is 3. The molecule has 20 heavy (non-hydrogen) atoms. The Morgan fingerprint density at radius 1 is 1.25 bits per heavy atom. The molecule has 5 nitrogen and oxygen atoms in total. The number of nitrogens with two attached hydrogens (primary N) is 1. The van der Waals surface area contributed by atoms with Crippen LogP contribution in [0, 0.1) is 11.3 Å². The highest BCUT2D eigenvalue weighted by atomic mass is 79.9. The van der Waals surface area contributed by atoms with Gasteiger partial charge in [0, 0.05) is 4.47 Å². The molecule has 0 amide bonds. The van der Waals surface area contributed by atoms with Crippen molar-refractivity contribution in [3.05, 3.63) is 52.0 Å². The summed E-state index contributed by atoms with van der Waals surface area (Å²) < 4.78 is 0.800. The zero-order chi connectivity index (χ0) is 14.7. The molecular formula is C14H10BrN3O2. The van der Waals surface area contributed by atoms with Crippen LogP contribution in [-0.2, 0) is 0 Å². The number of anilines is 3. The van der Waals surface area contributed by atoms with Gasteiger partial charge in [0.2, 0.25) is 0 Å². The number of nitrogens with zero attached hydrogens (tertiary/aromatic N) is 1. The van der Waals surface area contributed by atoms with Gasteiger partial charge in [-0.25, -0.2) is 4.79 Å². The minimum atomic E-state index is -1.04. The number of rotatable bonds is 3. The number of hydrogen-bond acceptors (Lipinski definition) is 4. The van der Waals surface area contributed by atoms with Gasteiger partial charge in [-0.05, 0) is 36.4 Å². The molecule has 0 unspecified atom stereocenters. The topological polar surface area (TPSA) is 99.1 Å². The molecule has 0 bridgehead atoms. The van der Waals surface area contributed by atoms with Crippen molar-refractivity contribution in [1.29, 1.82) is 5.26 Å². The van der Waals surface area contributed by atoms with Crippen LogP contribution in [0.1, 0.15) is 15.9 Å². The van der Waals surface area contributed by atoms with E-state index in [0.717, 1.165) is 4.47 Å². The monoisotopic (exact) mass is 331 g/mol. The summed E-state index contributed by atoms with van der Waals surface area (Å²) in [7, 11) is 0. The SMILES string of the molecule is N#Cc1cc(Br)ccc1Nc1ccc(C(=O)O)cc1N. The van der Waals surface area contributed by atoms with Crippen molar-refractivity contribution in [3.63, 3.8) is 0 Å². The first-order valence-corrected chi connectivity index (χ1v) is 6.40. The van der Waals surface area contributed by atoms with Crippen LogP contribution >= 0.6 is 15.9 Å². The van der Waals surface area contributed by atoms with E-state index in [1.807, 2.05) is 0 Å². The third kappa shape index (κ3) is 2.90. The fourth-order valence-corrected chi connectivity index (χ4v) is 2.03. The molecule has 2 aromatic rings. The number of carboxylic acid groups (broad SMARTS) is 1. The number of benzene rings is 2. The van der Waals surface area contributed by atoms with Crippen LogP contribution in [0.4, 0.5) is 17.1 Å². The average Bonchev–Trinajstić information content (AvgIpc) is 2.42. The minimum absolute atomic E-state index is 0.115. The number of carboxylic acids is 1. The predicted molar refractivity (Wildman–Crippen MR) is 80.0 cm³/mol. The molecule has 0 aromatic heterocycles. The number of nitriles is 1. The van der Waals surface area contributed by atoms with Gasteiger partial charge < -0.3 is 16.2 Å². The molecule has 2 aromatic carbocycles. The van der Waals surface area contributed by atoms with E-state index in [9.17, 15) is 4.79 Å². The van der Waals surface area contributed by atoms with Crippen molar-refractivity contribution in [2.45, 2.75) is 0 Å². The van der Waals surface area contributed by atoms with E-state index in [1.165, 1.54) is 12.1 Å². The van der Waals surface area contributed by atoms with Crippen molar-refractivity contribution in [3.8, 4) is 6.07 Å². The Morgan fingerprint density at radius 3 is 2.55 bits per heavy atom. The van der Waals surface area contributed by atoms with Gasteiger partial charge in [0.1, 0.15) is 6.07 Å². The lowest BCUT2D eigenvalue weighted by molar-refractivity contribution is 0.0697. The Kier molecular flexibility index (Phi) is 3.91. The molecule has 0 saturated carbocycles. The van der Waals surface area contributed by atoms with E-state index in [2.05, 4.69) is 27.3 Å². The number of aromatic carboxylic acids is 1. The molecule has 0 saturated heterocycles. The first-order chi connectivity index (χ1) is 9.51. The summed E-state index contributed by atoms with van der Waals surface area (Å²) in [5.41, 5.74) is 7.84. The zero-order valence-corrected chi connectivity index (χ0v) is 11.8. The maximum absolute atomic E-state index is 10.8. The smallest absolute Gasteiger partial charge is 0.335 e. The third-order valence-electron chi connectivity index (χ3n) is 2.67. The van der Waals surface area contributed by atoms with Crippen molar-refractivity contribution < 1.29 is 9.90 Å². The fourth-order valence-electron chi connectivity index (χ4n) is 1.67. The summed E-state index contributed by atoms with van der Waals surface area (Å²) in [5.74, 6) is -1.04.